The predicted octanol–water partition coefficient (Wildman–Crippen LogP) is 4.65. The summed E-state index contributed by atoms with van der Waals surface area (Å²) in [6.07, 6.45) is 0. The Morgan fingerprint density at radius 2 is 1.70 bits per heavy atom. The Morgan fingerprint density at radius 3 is 2.48 bits per heavy atom. The van der Waals surface area contributed by atoms with Crippen molar-refractivity contribution >= 4 is 39.7 Å². The van der Waals surface area contributed by atoms with Crippen molar-refractivity contribution in [2.45, 2.75) is 0 Å². The normalized spacial score (nSPS) is 10.5. The molecule has 0 atom stereocenters. The van der Waals surface area contributed by atoms with E-state index in [0.717, 1.165) is 10.8 Å². The highest BCUT2D eigenvalue weighted by molar-refractivity contribution is 6.36. The first-order chi connectivity index (χ1) is 11.1. The Labute approximate surface area is 136 Å². The predicted molar refractivity (Wildman–Crippen MR) is 90.0 cm³/mol. The lowest BCUT2D eigenvalue weighted by atomic mass is 10.0. The van der Waals surface area contributed by atoms with Gasteiger partial charge in [-0.2, -0.15) is 0 Å². The van der Waals surface area contributed by atoms with Gasteiger partial charge in [-0.15, -0.1) is 0 Å². The molecule has 0 aliphatic rings. The third-order valence-corrected chi connectivity index (χ3v) is 3.76. The van der Waals surface area contributed by atoms with Gasteiger partial charge in [-0.1, -0.05) is 41.9 Å². The summed E-state index contributed by atoms with van der Waals surface area (Å²) in [6.45, 7) is 0. The summed E-state index contributed by atoms with van der Waals surface area (Å²) in [5.41, 5.74) is 0.739. The van der Waals surface area contributed by atoms with Crippen LogP contribution in [0.2, 0.25) is 5.02 Å². The summed E-state index contributed by atoms with van der Waals surface area (Å²) in [6, 6.07) is 16.4. The second-order valence-electron chi connectivity index (χ2n) is 4.90. The number of non-ortho nitro benzene ring substituents is 1. The molecule has 0 saturated carbocycles. The quantitative estimate of drug-likeness (QED) is 0.562. The summed E-state index contributed by atoms with van der Waals surface area (Å²) >= 11 is 6.14. The van der Waals surface area contributed by atoms with Gasteiger partial charge in [0.25, 0.3) is 11.6 Å². The van der Waals surface area contributed by atoms with Crippen LogP contribution in [0, 0.1) is 10.1 Å². The van der Waals surface area contributed by atoms with E-state index in [-0.39, 0.29) is 11.6 Å². The van der Waals surface area contributed by atoms with Crippen molar-refractivity contribution in [2.24, 2.45) is 0 Å². The summed E-state index contributed by atoms with van der Waals surface area (Å²) in [4.78, 5) is 22.8. The number of rotatable bonds is 3. The van der Waals surface area contributed by atoms with Crippen molar-refractivity contribution < 1.29 is 9.72 Å². The zero-order valence-electron chi connectivity index (χ0n) is 11.8. The van der Waals surface area contributed by atoms with E-state index >= 15 is 0 Å². The molecule has 5 nitrogen and oxygen atoms in total. The summed E-state index contributed by atoms with van der Waals surface area (Å²) in [7, 11) is 0. The monoisotopic (exact) mass is 326 g/mol. The summed E-state index contributed by atoms with van der Waals surface area (Å²) in [5, 5.41) is 15.5. The molecule has 0 unspecified atom stereocenters. The first kappa shape index (κ1) is 15.0. The van der Waals surface area contributed by atoms with Gasteiger partial charge in [-0.05, 0) is 23.6 Å². The molecule has 6 heteroatoms. The zero-order valence-corrected chi connectivity index (χ0v) is 12.6. The lowest BCUT2D eigenvalue weighted by Gasteiger charge is -2.09. The Hall–Kier alpha value is -2.92. The SMILES string of the molecule is O=C(Nc1cccc([N+](=O)[O-])c1)c1cccc2c(Cl)cccc12. The number of nitro benzene ring substituents is 1. The van der Waals surface area contributed by atoms with Crippen LogP contribution in [0.4, 0.5) is 11.4 Å². The molecule has 0 aliphatic heterocycles. The van der Waals surface area contributed by atoms with E-state index in [2.05, 4.69) is 5.32 Å². The summed E-state index contributed by atoms with van der Waals surface area (Å²) in [5.74, 6) is -0.349. The molecular formula is C17H11ClN2O3. The van der Waals surface area contributed by atoms with Crippen molar-refractivity contribution in [2.75, 3.05) is 5.32 Å². The average molecular weight is 327 g/mol. The lowest BCUT2D eigenvalue weighted by molar-refractivity contribution is -0.384. The first-order valence-electron chi connectivity index (χ1n) is 6.79. The molecule has 1 N–H and O–H groups in total. The van der Waals surface area contributed by atoms with E-state index in [9.17, 15) is 14.9 Å². The van der Waals surface area contributed by atoms with E-state index in [4.69, 9.17) is 11.6 Å². The van der Waals surface area contributed by atoms with Crippen LogP contribution in [0.3, 0.4) is 0 Å². The van der Waals surface area contributed by atoms with Crippen molar-refractivity contribution in [3.8, 4) is 0 Å². The highest BCUT2D eigenvalue weighted by Gasteiger charge is 2.13. The maximum Gasteiger partial charge on any atom is 0.271 e. The maximum absolute atomic E-state index is 12.5. The fourth-order valence-corrected chi connectivity index (χ4v) is 2.60. The Kier molecular flexibility index (Phi) is 3.95. The average Bonchev–Trinajstić information content (AvgIpc) is 2.55. The Bertz CT molecular complexity index is 925. The lowest BCUT2D eigenvalue weighted by Crippen LogP contribution is -2.12. The van der Waals surface area contributed by atoms with E-state index in [1.807, 2.05) is 12.1 Å². The van der Waals surface area contributed by atoms with Crippen molar-refractivity contribution in [1.82, 2.24) is 0 Å². The molecule has 0 aromatic heterocycles. The summed E-state index contributed by atoms with van der Waals surface area (Å²) < 4.78 is 0. The number of halogens is 1. The number of carbonyl (C=O) groups is 1. The smallest absolute Gasteiger partial charge is 0.271 e. The van der Waals surface area contributed by atoms with Crippen molar-refractivity contribution in [3.05, 3.63) is 81.4 Å². The van der Waals surface area contributed by atoms with E-state index in [1.165, 1.54) is 18.2 Å². The zero-order chi connectivity index (χ0) is 16.4. The van der Waals surface area contributed by atoms with Crippen LogP contribution in [0.25, 0.3) is 10.8 Å². The molecule has 3 aromatic carbocycles. The van der Waals surface area contributed by atoms with Crippen LogP contribution in [0.5, 0.6) is 0 Å². The second kappa shape index (κ2) is 6.06. The number of amides is 1. The molecule has 0 heterocycles. The molecule has 0 radical (unpaired) electrons. The minimum absolute atomic E-state index is 0.0798. The number of carbonyl (C=O) groups excluding carboxylic acids is 1. The largest absolute Gasteiger partial charge is 0.322 e. The number of hydrogen-bond acceptors (Lipinski definition) is 3. The molecule has 0 fully saturated rings. The molecule has 0 aliphatic carbocycles. The topological polar surface area (TPSA) is 72.2 Å². The number of nitrogens with one attached hydrogen (secondary N) is 1. The van der Waals surface area contributed by atoms with Crippen molar-refractivity contribution in [1.29, 1.82) is 0 Å². The fourth-order valence-electron chi connectivity index (χ4n) is 2.37. The van der Waals surface area contributed by atoms with Gasteiger partial charge in [0.2, 0.25) is 0 Å². The minimum atomic E-state index is -0.507. The van der Waals surface area contributed by atoms with Crippen LogP contribution in [-0.4, -0.2) is 10.8 Å². The van der Waals surface area contributed by atoms with E-state index in [0.29, 0.717) is 16.3 Å². The van der Waals surface area contributed by atoms with E-state index in [1.54, 1.807) is 30.3 Å². The van der Waals surface area contributed by atoms with Crippen LogP contribution in [-0.2, 0) is 0 Å². The van der Waals surface area contributed by atoms with Crippen LogP contribution >= 0.6 is 11.6 Å². The highest BCUT2D eigenvalue weighted by atomic mass is 35.5. The molecule has 23 heavy (non-hydrogen) atoms. The second-order valence-corrected chi connectivity index (χ2v) is 5.31. The molecule has 3 rings (SSSR count). The first-order valence-corrected chi connectivity index (χ1v) is 7.17. The highest BCUT2D eigenvalue weighted by Crippen LogP contribution is 2.27. The third-order valence-electron chi connectivity index (χ3n) is 3.43. The molecule has 0 saturated heterocycles. The Morgan fingerprint density at radius 1 is 1.00 bits per heavy atom. The van der Waals surface area contributed by atoms with Gasteiger partial charge in [-0.25, -0.2) is 0 Å². The fraction of sp³-hybridized carbons (Fsp3) is 0. The standard InChI is InChI=1S/C17H11ClN2O3/c18-16-9-3-6-13-14(16)7-2-8-15(13)17(21)19-11-4-1-5-12(10-11)20(22)23/h1-10H,(H,19,21). The van der Waals surface area contributed by atoms with Crippen LogP contribution in [0.1, 0.15) is 10.4 Å². The molecular weight excluding hydrogens is 316 g/mol. The maximum atomic E-state index is 12.5. The van der Waals surface area contributed by atoms with Gasteiger partial charge in [-0.3, -0.25) is 14.9 Å². The van der Waals surface area contributed by atoms with Gasteiger partial charge < -0.3 is 5.32 Å². The molecule has 0 spiro atoms. The van der Waals surface area contributed by atoms with Crippen LogP contribution in [0.15, 0.2) is 60.7 Å². The van der Waals surface area contributed by atoms with Gasteiger partial charge in [0.15, 0.2) is 0 Å². The van der Waals surface area contributed by atoms with E-state index < -0.39 is 4.92 Å². The number of nitro groups is 1. The number of hydrogen-bond donors (Lipinski definition) is 1. The Balaban J connectivity index is 1.97. The molecule has 3 aromatic rings. The van der Waals surface area contributed by atoms with Gasteiger partial charge in [0.05, 0.1) is 4.92 Å². The number of fused-ring (bicyclic) bond motifs is 1. The number of anilines is 1. The van der Waals surface area contributed by atoms with Crippen molar-refractivity contribution in [3.63, 3.8) is 0 Å². The molecule has 0 bridgehead atoms. The van der Waals surface area contributed by atoms with Gasteiger partial charge in [0, 0.05) is 33.8 Å². The minimum Gasteiger partial charge on any atom is -0.322 e. The third kappa shape index (κ3) is 3.00. The van der Waals surface area contributed by atoms with Gasteiger partial charge in [0.1, 0.15) is 0 Å². The van der Waals surface area contributed by atoms with Crippen LogP contribution < -0.4 is 5.32 Å². The molecule has 114 valence electrons. The van der Waals surface area contributed by atoms with Gasteiger partial charge >= 0.3 is 0 Å². The number of benzene rings is 3. The number of nitrogens with zero attached hydrogens (tertiary/aromatic N) is 1. The molecule has 1 amide bonds.